The number of amides is 3. The quantitative estimate of drug-likeness (QED) is 0.0216. The maximum Gasteiger partial charge on any atom is 0.416 e. The average Bonchev–Trinajstić information content (AvgIpc) is 3.27. The molecule has 0 saturated heterocycles. The topological polar surface area (TPSA) is 233 Å². The summed E-state index contributed by atoms with van der Waals surface area (Å²) in [4.78, 5) is 58.6. The number of hydrogen-bond acceptors (Lipinski definition) is 12. The van der Waals surface area contributed by atoms with Crippen LogP contribution in [0.25, 0.3) is 32.3 Å². The zero-order valence-electron chi connectivity index (χ0n) is 36.7. The number of carbonyl (C=O) groups excluding carboxylic acids is 3. The molecule has 0 unspecified atom stereocenters. The van der Waals surface area contributed by atoms with Crippen molar-refractivity contribution >= 4 is 40.5 Å². The van der Waals surface area contributed by atoms with Gasteiger partial charge in [0, 0.05) is 36.0 Å². The molecule has 1 atom stereocenters. The van der Waals surface area contributed by atoms with Crippen molar-refractivity contribution < 1.29 is 52.7 Å². The normalized spacial score (nSPS) is 11.6. The predicted octanol–water partition coefficient (Wildman–Crippen LogP) is 7.02. The van der Waals surface area contributed by atoms with E-state index in [-0.39, 0.29) is 31.8 Å². The summed E-state index contributed by atoms with van der Waals surface area (Å²) in [5, 5.41) is 20.3. The number of azide groups is 1. The number of rotatable bonds is 29. The van der Waals surface area contributed by atoms with Crippen LogP contribution in [0.2, 0.25) is 0 Å². The van der Waals surface area contributed by atoms with Gasteiger partial charge in [0.15, 0.2) is 0 Å². The van der Waals surface area contributed by atoms with Gasteiger partial charge in [-0.3, -0.25) is 19.3 Å². The minimum atomic E-state index is -1.09. The molecule has 1 aromatic heterocycles. The van der Waals surface area contributed by atoms with E-state index in [9.17, 15) is 24.3 Å². The number of nitrogens with zero attached hydrogens (tertiary/aromatic N) is 5. The fourth-order valence-corrected chi connectivity index (χ4v) is 6.29. The molecule has 4 rings (SSSR count). The van der Waals surface area contributed by atoms with Crippen molar-refractivity contribution in [1.82, 2.24) is 15.6 Å². The third-order valence-corrected chi connectivity index (χ3v) is 9.24. The molecule has 0 saturated carbocycles. The second-order valence-electron chi connectivity index (χ2n) is 15.3. The zero-order chi connectivity index (χ0) is 46.0. The molecule has 3 aromatic carbocycles. The largest absolute Gasteiger partial charge is 0.491 e. The highest BCUT2D eigenvalue weighted by atomic mass is 16.6. The highest BCUT2D eigenvalue weighted by Gasteiger charge is 2.24. The van der Waals surface area contributed by atoms with Gasteiger partial charge < -0.3 is 44.2 Å². The molecule has 344 valence electrons. The molecular formula is C46H59N7O11. The van der Waals surface area contributed by atoms with Crippen LogP contribution in [0.3, 0.4) is 0 Å². The molecule has 3 amide bonds. The van der Waals surface area contributed by atoms with E-state index in [0.717, 1.165) is 21.9 Å². The van der Waals surface area contributed by atoms with Crippen molar-refractivity contribution in [2.24, 2.45) is 5.11 Å². The summed E-state index contributed by atoms with van der Waals surface area (Å²) in [6.07, 6.45) is 1.72. The first kappa shape index (κ1) is 50.3. The molecule has 18 heteroatoms. The summed E-state index contributed by atoms with van der Waals surface area (Å²) in [6.45, 7) is 9.18. The Morgan fingerprint density at radius 2 is 1.42 bits per heavy atom. The highest BCUT2D eigenvalue weighted by molar-refractivity contribution is 6.00. The number of carbonyl (C=O) groups is 4. The van der Waals surface area contributed by atoms with Crippen LogP contribution in [0, 0.1) is 0 Å². The molecule has 0 fully saturated rings. The van der Waals surface area contributed by atoms with Gasteiger partial charge in [0.05, 0.1) is 71.9 Å². The van der Waals surface area contributed by atoms with Crippen molar-refractivity contribution in [2.45, 2.75) is 58.1 Å². The maximum atomic E-state index is 12.9. The lowest BCUT2D eigenvalue weighted by molar-refractivity contribution is -0.138. The lowest BCUT2D eigenvalue weighted by atomic mass is 9.95. The molecule has 0 radical (unpaired) electrons. The molecule has 0 bridgehead atoms. The number of carboxylic acid groups (broad SMARTS) is 1. The summed E-state index contributed by atoms with van der Waals surface area (Å²) in [7, 11) is 0. The van der Waals surface area contributed by atoms with Crippen molar-refractivity contribution in [2.75, 3.05) is 84.0 Å². The van der Waals surface area contributed by atoms with E-state index in [1.54, 1.807) is 57.3 Å². The molecule has 64 heavy (non-hydrogen) atoms. The first-order valence-electron chi connectivity index (χ1n) is 21.2. The van der Waals surface area contributed by atoms with E-state index < -0.39 is 29.6 Å². The van der Waals surface area contributed by atoms with Crippen LogP contribution in [-0.4, -0.2) is 119 Å². The SMILES string of the molecule is CC(C)(C)OC(=O)N(CCCCC(=O)NCC(=O)N[C@@H](CC(=O)O)c1ccc(-c2ccc(OCCOCCOCCOCCOCCN=[N+]=[N-])c3ccccc23)cc1)c1ccccn1. The molecule has 0 aliphatic heterocycles. The van der Waals surface area contributed by atoms with E-state index in [1.165, 1.54) is 4.90 Å². The average molecular weight is 886 g/mol. The number of hydrogen-bond donors (Lipinski definition) is 3. The number of aromatic nitrogens is 1. The van der Waals surface area contributed by atoms with Gasteiger partial charge in [0.1, 0.15) is 23.8 Å². The van der Waals surface area contributed by atoms with Crippen LogP contribution < -0.4 is 20.3 Å². The highest BCUT2D eigenvalue weighted by Crippen LogP contribution is 2.35. The Morgan fingerprint density at radius 1 is 0.781 bits per heavy atom. The molecule has 4 aromatic rings. The summed E-state index contributed by atoms with van der Waals surface area (Å²) in [5.41, 5.74) is 9.96. The molecular weight excluding hydrogens is 827 g/mol. The number of nitrogens with one attached hydrogen (secondary N) is 2. The molecule has 1 heterocycles. The molecule has 3 N–H and O–H groups in total. The first-order valence-corrected chi connectivity index (χ1v) is 21.2. The van der Waals surface area contributed by atoms with E-state index >= 15 is 0 Å². The van der Waals surface area contributed by atoms with Gasteiger partial charge in [-0.1, -0.05) is 65.8 Å². The second kappa shape index (κ2) is 27.7. The van der Waals surface area contributed by atoms with E-state index in [2.05, 4.69) is 25.6 Å². The van der Waals surface area contributed by atoms with Crippen LogP contribution in [-0.2, 0) is 38.1 Å². The Labute approximate surface area is 373 Å². The number of ether oxygens (including phenoxy) is 6. The van der Waals surface area contributed by atoms with Crippen molar-refractivity contribution in [3.63, 3.8) is 0 Å². The Bertz CT molecular complexity index is 2110. The minimum absolute atomic E-state index is 0.116. The predicted molar refractivity (Wildman–Crippen MR) is 240 cm³/mol. The maximum absolute atomic E-state index is 12.9. The van der Waals surface area contributed by atoms with Gasteiger partial charge in [-0.25, -0.2) is 9.78 Å². The second-order valence-corrected chi connectivity index (χ2v) is 15.3. The Kier molecular flexibility index (Phi) is 21.8. The summed E-state index contributed by atoms with van der Waals surface area (Å²) >= 11 is 0. The number of fused-ring (bicyclic) bond motifs is 1. The number of pyridine rings is 1. The number of carboxylic acids is 1. The third-order valence-electron chi connectivity index (χ3n) is 9.24. The molecule has 0 aliphatic carbocycles. The Morgan fingerprint density at radius 3 is 2.05 bits per heavy atom. The molecule has 18 nitrogen and oxygen atoms in total. The van der Waals surface area contributed by atoms with Gasteiger partial charge in [-0.15, -0.1) is 0 Å². The summed E-state index contributed by atoms with van der Waals surface area (Å²) in [5.74, 6) is -0.831. The van der Waals surface area contributed by atoms with Crippen LogP contribution in [0.15, 0.2) is 90.2 Å². The lowest BCUT2D eigenvalue weighted by Gasteiger charge is -2.26. The van der Waals surface area contributed by atoms with Crippen molar-refractivity contribution in [3.8, 4) is 16.9 Å². The van der Waals surface area contributed by atoms with Gasteiger partial charge in [0.2, 0.25) is 11.8 Å². The fraction of sp³-hybridized carbons (Fsp3) is 0.457. The summed E-state index contributed by atoms with van der Waals surface area (Å²) in [6, 6.07) is 23.5. The van der Waals surface area contributed by atoms with Crippen molar-refractivity contribution in [1.29, 1.82) is 0 Å². The zero-order valence-corrected chi connectivity index (χ0v) is 36.7. The van der Waals surface area contributed by atoms with E-state index in [4.69, 9.17) is 34.0 Å². The smallest absolute Gasteiger partial charge is 0.416 e. The van der Waals surface area contributed by atoms with Crippen molar-refractivity contribution in [3.05, 3.63) is 101 Å². The number of anilines is 1. The number of aliphatic carboxylic acids is 1. The molecule has 0 aliphatic rings. The Hall–Kier alpha value is -6.30. The van der Waals surface area contributed by atoms with Crippen LogP contribution in [0.4, 0.5) is 10.6 Å². The van der Waals surface area contributed by atoms with Crippen LogP contribution >= 0.6 is 0 Å². The minimum Gasteiger partial charge on any atom is -0.491 e. The number of unbranched alkanes of at least 4 members (excludes halogenated alkanes) is 1. The standard InChI is InChI=1S/C46H59N7O11/c1-46(2,3)64-45(58)53(41-12-6-8-20-48-41)22-9-7-13-42(54)49-33-43(55)51-39(32-44(56)57)35-16-14-34(15-17-35)36-18-19-40(38-11-5-4-10-37(36)38)63-31-30-62-29-28-61-27-26-60-25-24-59-23-21-50-52-47/h4-6,8,10-12,14-20,39H,7,9,13,21-33H2,1-3H3,(H,49,54)(H,51,55)(H,56,57)/t39-/m0/s1. The van der Waals surface area contributed by atoms with Crippen LogP contribution in [0.5, 0.6) is 5.75 Å². The summed E-state index contributed by atoms with van der Waals surface area (Å²) < 4.78 is 33.5. The lowest BCUT2D eigenvalue weighted by Crippen LogP contribution is -2.39. The van der Waals surface area contributed by atoms with E-state index in [0.29, 0.717) is 96.0 Å². The van der Waals surface area contributed by atoms with Gasteiger partial charge in [0.25, 0.3) is 0 Å². The first-order chi connectivity index (χ1) is 30.9. The van der Waals surface area contributed by atoms with Gasteiger partial charge in [-0.05, 0) is 79.4 Å². The number of benzene rings is 3. The van der Waals surface area contributed by atoms with Gasteiger partial charge in [-0.2, -0.15) is 0 Å². The van der Waals surface area contributed by atoms with E-state index in [1.807, 2.05) is 48.5 Å². The Balaban J connectivity index is 1.21. The fourth-order valence-electron chi connectivity index (χ4n) is 6.29. The van der Waals surface area contributed by atoms with Gasteiger partial charge >= 0.3 is 12.1 Å². The van der Waals surface area contributed by atoms with Crippen LogP contribution in [0.1, 0.15) is 58.1 Å². The third kappa shape index (κ3) is 18.6. The molecule has 0 spiro atoms. The monoisotopic (exact) mass is 885 g/mol.